The van der Waals surface area contributed by atoms with Crippen LogP contribution >= 0.6 is 0 Å². The summed E-state index contributed by atoms with van der Waals surface area (Å²) in [6.07, 6.45) is 1.87. The van der Waals surface area contributed by atoms with Crippen LogP contribution in [0.15, 0.2) is 85.0 Å². The van der Waals surface area contributed by atoms with E-state index < -0.39 is 11.7 Å². The Labute approximate surface area is 196 Å². The zero-order valence-electron chi connectivity index (χ0n) is 18.5. The van der Waals surface area contributed by atoms with Crippen molar-refractivity contribution in [2.75, 3.05) is 18.0 Å². The number of anilines is 1. The molecule has 0 spiro atoms. The molecular weight excluding hydrogens is 439 g/mol. The first-order chi connectivity index (χ1) is 16.3. The number of alkyl halides is 3. The van der Waals surface area contributed by atoms with Crippen LogP contribution in [0.1, 0.15) is 28.7 Å². The number of nitrogens with zero attached hydrogens (tertiary/aromatic N) is 4. The summed E-state index contributed by atoms with van der Waals surface area (Å²) >= 11 is 0. The lowest BCUT2D eigenvalue weighted by Crippen LogP contribution is -2.33. The fourth-order valence-corrected chi connectivity index (χ4v) is 4.02. The van der Waals surface area contributed by atoms with Crippen molar-refractivity contribution in [3.05, 3.63) is 107 Å². The van der Waals surface area contributed by atoms with Gasteiger partial charge in [-0.15, -0.1) is 0 Å². The lowest BCUT2D eigenvalue weighted by Gasteiger charge is -2.32. The standard InChI is InChI=1S/C26H24F3N5/c1-19(23-6-3-11-33(17-23)15-22-5-2-4-21(12-22)13-30)34(25-14-31-18-32-25)16-20-7-9-24(10-8-20)26(27,28)29/h2,4-10,12,14,18H,1,3,11,15-17H2,(H,31,32). The van der Waals surface area contributed by atoms with Crippen molar-refractivity contribution in [3.8, 4) is 6.07 Å². The average Bonchev–Trinajstić information content (AvgIpc) is 3.37. The number of H-pyrrole nitrogens is 1. The SMILES string of the molecule is C=C(C1=CCCN(Cc2cccc(C#N)c2)C1)N(Cc1ccc(C(F)(F)F)cc1)c1cnc[nH]1. The number of nitrogens with one attached hydrogen (secondary N) is 1. The lowest BCUT2D eigenvalue weighted by molar-refractivity contribution is -0.137. The quantitative estimate of drug-likeness (QED) is 0.492. The van der Waals surface area contributed by atoms with Crippen LogP contribution in [0.3, 0.4) is 0 Å². The molecule has 0 saturated carbocycles. The summed E-state index contributed by atoms with van der Waals surface area (Å²) in [6.45, 7) is 6.94. The Hall–Kier alpha value is -3.83. The van der Waals surface area contributed by atoms with Gasteiger partial charge in [0, 0.05) is 31.9 Å². The Morgan fingerprint density at radius 2 is 1.97 bits per heavy atom. The normalized spacial score (nSPS) is 14.4. The Kier molecular flexibility index (Phi) is 6.85. The van der Waals surface area contributed by atoms with Crippen LogP contribution in [0.2, 0.25) is 0 Å². The number of nitriles is 1. The molecular formula is C26H24F3N5. The van der Waals surface area contributed by atoms with Gasteiger partial charge in [0.15, 0.2) is 0 Å². The van der Waals surface area contributed by atoms with Crippen LogP contribution in [0.25, 0.3) is 0 Å². The second-order valence-electron chi connectivity index (χ2n) is 8.21. The molecule has 1 aliphatic rings. The van der Waals surface area contributed by atoms with Gasteiger partial charge < -0.3 is 9.88 Å². The second kappa shape index (κ2) is 9.98. The molecule has 34 heavy (non-hydrogen) atoms. The predicted molar refractivity (Wildman–Crippen MR) is 124 cm³/mol. The van der Waals surface area contributed by atoms with Crippen molar-refractivity contribution < 1.29 is 13.2 Å². The van der Waals surface area contributed by atoms with E-state index in [1.54, 1.807) is 18.6 Å². The first kappa shape index (κ1) is 23.3. The van der Waals surface area contributed by atoms with Crippen LogP contribution < -0.4 is 4.90 Å². The molecule has 2 aromatic carbocycles. The van der Waals surface area contributed by atoms with Gasteiger partial charge in [-0.2, -0.15) is 18.4 Å². The molecule has 0 radical (unpaired) electrons. The van der Waals surface area contributed by atoms with Crippen LogP contribution in [-0.2, 0) is 19.3 Å². The predicted octanol–water partition coefficient (Wildman–Crippen LogP) is 5.65. The van der Waals surface area contributed by atoms with E-state index in [1.165, 1.54) is 12.1 Å². The third-order valence-corrected chi connectivity index (χ3v) is 5.79. The maximum atomic E-state index is 12.9. The maximum absolute atomic E-state index is 12.9. The summed E-state index contributed by atoms with van der Waals surface area (Å²) in [7, 11) is 0. The minimum absolute atomic E-state index is 0.348. The Bertz CT molecular complexity index is 1200. The van der Waals surface area contributed by atoms with Gasteiger partial charge in [-0.25, -0.2) is 4.98 Å². The third-order valence-electron chi connectivity index (χ3n) is 5.79. The number of hydrogen-bond donors (Lipinski definition) is 1. The van der Waals surface area contributed by atoms with E-state index in [0.717, 1.165) is 47.5 Å². The number of hydrogen-bond acceptors (Lipinski definition) is 4. The molecule has 0 unspecified atom stereocenters. The number of aromatic nitrogens is 2. The zero-order valence-corrected chi connectivity index (χ0v) is 18.5. The minimum Gasteiger partial charge on any atom is -0.331 e. The van der Waals surface area contributed by atoms with Crippen LogP contribution in [0.5, 0.6) is 0 Å². The highest BCUT2D eigenvalue weighted by atomic mass is 19.4. The molecule has 0 bridgehead atoms. The molecule has 0 saturated heterocycles. The molecule has 1 N–H and O–H groups in total. The summed E-state index contributed by atoms with van der Waals surface area (Å²) < 4.78 is 38.8. The van der Waals surface area contributed by atoms with Gasteiger partial charge in [-0.05, 0) is 47.4 Å². The molecule has 174 valence electrons. The monoisotopic (exact) mass is 463 g/mol. The zero-order chi connectivity index (χ0) is 24.1. The fourth-order valence-electron chi connectivity index (χ4n) is 4.02. The van der Waals surface area contributed by atoms with Crippen LogP contribution in [-0.4, -0.2) is 28.0 Å². The number of halogens is 3. The van der Waals surface area contributed by atoms with E-state index in [9.17, 15) is 13.2 Å². The Balaban J connectivity index is 1.50. The van der Waals surface area contributed by atoms with Crippen molar-refractivity contribution in [3.63, 3.8) is 0 Å². The van der Waals surface area contributed by atoms with E-state index in [-0.39, 0.29) is 0 Å². The van der Waals surface area contributed by atoms with Gasteiger partial charge in [0.05, 0.1) is 29.7 Å². The summed E-state index contributed by atoms with van der Waals surface area (Å²) in [5.41, 5.74) is 3.57. The molecule has 5 nitrogen and oxygen atoms in total. The largest absolute Gasteiger partial charge is 0.416 e. The molecule has 0 atom stereocenters. The van der Waals surface area contributed by atoms with Crippen molar-refractivity contribution in [1.29, 1.82) is 5.26 Å². The minimum atomic E-state index is -4.37. The van der Waals surface area contributed by atoms with Gasteiger partial charge in [0.25, 0.3) is 0 Å². The number of rotatable bonds is 7. The Morgan fingerprint density at radius 3 is 2.65 bits per heavy atom. The topological polar surface area (TPSA) is 59.0 Å². The van der Waals surface area contributed by atoms with Crippen molar-refractivity contribution in [2.45, 2.75) is 25.7 Å². The van der Waals surface area contributed by atoms with Gasteiger partial charge in [0.2, 0.25) is 0 Å². The van der Waals surface area contributed by atoms with Gasteiger partial charge in [-0.3, -0.25) is 4.90 Å². The maximum Gasteiger partial charge on any atom is 0.416 e. The molecule has 0 fully saturated rings. The molecule has 3 aromatic rings. The molecule has 2 heterocycles. The highest BCUT2D eigenvalue weighted by molar-refractivity contribution is 5.52. The van der Waals surface area contributed by atoms with Gasteiger partial charge in [0.1, 0.15) is 5.82 Å². The first-order valence-corrected chi connectivity index (χ1v) is 10.9. The van der Waals surface area contributed by atoms with E-state index in [0.29, 0.717) is 31.0 Å². The summed E-state index contributed by atoms with van der Waals surface area (Å²) in [5.74, 6) is 0.713. The van der Waals surface area contributed by atoms with E-state index in [1.807, 2.05) is 23.1 Å². The molecule has 0 aliphatic carbocycles. The fraction of sp³-hybridized carbons (Fsp3) is 0.231. The van der Waals surface area contributed by atoms with Gasteiger partial charge in [-0.1, -0.05) is 36.9 Å². The second-order valence-corrected chi connectivity index (χ2v) is 8.21. The average molecular weight is 464 g/mol. The first-order valence-electron chi connectivity index (χ1n) is 10.9. The van der Waals surface area contributed by atoms with Crippen LogP contribution in [0, 0.1) is 11.3 Å². The van der Waals surface area contributed by atoms with E-state index in [2.05, 4.69) is 33.6 Å². The smallest absolute Gasteiger partial charge is 0.331 e. The number of imidazole rings is 1. The van der Waals surface area contributed by atoms with Crippen molar-refractivity contribution >= 4 is 5.82 Å². The number of benzene rings is 2. The number of aromatic amines is 1. The highest BCUT2D eigenvalue weighted by Crippen LogP contribution is 2.30. The molecule has 4 rings (SSSR count). The molecule has 8 heteroatoms. The molecule has 1 aromatic heterocycles. The van der Waals surface area contributed by atoms with Crippen molar-refractivity contribution in [2.24, 2.45) is 0 Å². The van der Waals surface area contributed by atoms with Gasteiger partial charge >= 0.3 is 6.18 Å². The molecule has 1 aliphatic heterocycles. The third kappa shape index (κ3) is 5.56. The summed E-state index contributed by atoms with van der Waals surface area (Å²) in [6, 6.07) is 14.9. The Morgan fingerprint density at radius 1 is 1.18 bits per heavy atom. The lowest BCUT2D eigenvalue weighted by atomic mass is 10.0. The van der Waals surface area contributed by atoms with E-state index in [4.69, 9.17) is 5.26 Å². The molecule has 0 amide bonds. The highest BCUT2D eigenvalue weighted by Gasteiger charge is 2.30. The van der Waals surface area contributed by atoms with Crippen LogP contribution in [0.4, 0.5) is 19.0 Å². The summed E-state index contributed by atoms with van der Waals surface area (Å²) in [4.78, 5) is 11.4. The summed E-state index contributed by atoms with van der Waals surface area (Å²) in [5, 5.41) is 9.16. The van der Waals surface area contributed by atoms with E-state index >= 15 is 0 Å². The van der Waals surface area contributed by atoms with Crippen molar-refractivity contribution in [1.82, 2.24) is 14.9 Å².